The summed E-state index contributed by atoms with van der Waals surface area (Å²) in [4.78, 5) is 12.2. The second-order valence-corrected chi connectivity index (χ2v) is 4.75. The van der Waals surface area contributed by atoms with Crippen molar-refractivity contribution in [2.45, 2.75) is 11.8 Å². The van der Waals surface area contributed by atoms with Gasteiger partial charge in [-0.2, -0.15) is 0 Å². The van der Waals surface area contributed by atoms with E-state index in [9.17, 15) is 4.79 Å². The van der Waals surface area contributed by atoms with Gasteiger partial charge in [0.15, 0.2) is 0 Å². The molecule has 0 aromatic heterocycles. The topological polar surface area (TPSA) is 17.1 Å². The number of allylic oxidation sites excluding steroid dienone is 1. The Labute approximate surface area is 118 Å². The number of benzene rings is 2. The highest BCUT2D eigenvalue weighted by Crippen LogP contribution is 2.38. The number of carbonyl (C=O) groups excluding carboxylic acids is 1. The van der Waals surface area contributed by atoms with Gasteiger partial charge in [0.25, 0.3) is 0 Å². The third-order valence-electron chi connectivity index (χ3n) is 3.32. The summed E-state index contributed by atoms with van der Waals surface area (Å²) in [5.41, 5.74) is 0.924. The molecule has 0 aliphatic heterocycles. The Morgan fingerprint density at radius 2 is 1.42 bits per heavy atom. The molecule has 0 atom stereocenters. The van der Waals surface area contributed by atoms with Gasteiger partial charge in [-0.3, -0.25) is 4.79 Å². The molecule has 2 aromatic rings. The van der Waals surface area contributed by atoms with E-state index in [-0.39, 0.29) is 5.24 Å². The van der Waals surface area contributed by atoms with Crippen LogP contribution >= 0.6 is 11.6 Å². The van der Waals surface area contributed by atoms with E-state index in [1.165, 1.54) is 0 Å². The van der Waals surface area contributed by atoms with E-state index in [2.05, 4.69) is 6.58 Å². The van der Waals surface area contributed by atoms with Crippen LogP contribution in [0.4, 0.5) is 0 Å². The predicted molar refractivity (Wildman–Crippen MR) is 79.3 cm³/mol. The van der Waals surface area contributed by atoms with Crippen LogP contribution in [0, 0.1) is 0 Å². The zero-order chi connectivity index (χ0) is 13.7. The van der Waals surface area contributed by atoms with E-state index >= 15 is 0 Å². The predicted octanol–water partition coefficient (Wildman–Crippen LogP) is 4.31. The molecule has 2 aromatic carbocycles. The monoisotopic (exact) mass is 270 g/mol. The van der Waals surface area contributed by atoms with Crippen LogP contribution in [0.5, 0.6) is 0 Å². The van der Waals surface area contributed by atoms with Crippen LogP contribution < -0.4 is 0 Å². The molecule has 0 bridgehead atoms. The van der Waals surface area contributed by atoms with Crippen LogP contribution in [0.1, 0.15) is 17.5 Å². The van der Waals surface area contributed by atoms with Gasteiger partial charge in [0.05, 0.1) is 5.41 Å². The van der Waals surface area contributed by atoms with Gasteiger partial charge in [-0.15, -0.1) is 6.58 Å². The van der Waals surface area contributed by atoms with Crippen LogP contribution in [-0.4, -0.2) is 5.24 Å². The van der Waals surface area contributed by atoms with Crippen molar-refractivity contribution in [2.24, 2.45) is 0 Å². The number of carbonyl (C=O) groups is 1. The van der Waals surface area contributed by atoms with Gasteiger partial charge < -0.3 is 0 Å². The van der Waals surface area contributed by atoms with Gasteiger partial charge in [-0.25, -0.2) is 0 Å². The molecule has 0 heterocycles. The maximum Gasteiger partial charge on any atom is 0.236 e. The van der Waals surface area contributed by atoms with Crippen LogP contribution in [0.15, 0.2) is 73.3 Å². The molecule has 0 N–H and O–H groups in total. The van der Waals surface area contributed by atoms with E-state index < -0.39 is 5.41 Å². The molecule has 0 saturated carbocycles. The highest BCUT2D eigenvalue weighted by Gasteiger charge is 2.39. The molecule has 0 unspecified atom stereocenters. The molecule has 0 saturated heterocycles. The molecule has 2 heteroatoms. The minimum Gasteiger partial charge on any atom is -0.280 e. The summed E-state index contributed by atoms with van der Waals surface area (Å²) in [6.07, 6.45) is 2.21. The largest absolute Gasteiger partial charge is 0.280 e. The first-order chi connectivity index (χ1) is 9.21. The molecule has 0 spiro atoms. The third kappa shape index (κ3) is 2.47. The van der Waals surface area contributed by atoms with Crippen molar-refractivity contribution in [1.29, 1.82) is 0 Å². The molecular formula is C17H15ClO. The second kappa shape index (κ2) is 5.85. The van der Waals surface area contributed by atoms with E-state index in [4.69, 9.17) is 11.6 Å². The van der Waals surface area contributed by atoms with Crippen molar-refractivity contribution in [3.05, 3.63) is 84.4 Å². The van der Waals surface area contributed by atoms with Crippen LogP contribution in [0.25, 0.3) is 0 Å². The Bertz CT molecular complexity index is 521. The van der Waals surface area contributed by atoms with Crippen molar-refractivity contribution in [2.75, 3.05) is 0 Å². The summed E-state index contributed by atoms with van der Waals surface area (Å²) < 4.78 is 0. The summed E-state index contributed by atoms with van der Waals surface area (Å²) in [6.45, 7) is 3.77. The highest BCUT2D eigenvalue weighted by molar-refractivity contribution is 6.66. The minimum absolute atomic E-state index is 0.384. The molecule has 0 radical (unpaired) electrons. The van der Waals surface area contributed by atoms with E-state index in [1.807, 2.05) is 60.7 Å². The smallest absolute Gasteiger partial charge is 0.236 e. The molecule has 96 valence electrons. The standard InChI is InChI=1S/C17H15ClO/c1-2-13-17(16(18)19,14-9-5-3-6-10-14)15-11-7-4-8-12-15/h2-12H,1,13H2. The summed E-state index contributed by atoms with van der Waals surface area (Å²) in [5, 5.41) is -0.384. The SMILES string of the molecule is C=CCC(C(=O)Cl)(c1ccccc1)c1ccccc1. The Hall–Kier alpha value is -1.86. The van der Waals surface area contributed by atoms with Gasteiger partial charge in [0.1, 0.15) is 0 Å². The van der Waals surface area contributed by atoms with Crippen LogP contribution in [-0.2, 0) is 10.2 Å². The van der Waals surface area contributed by atoms with Gasteiger partial charge in [-0.05, 0) is 29.1 Å². The average Bonchev–Trinajstić information content (AvgIpc) is 2.46. The fourth-order valence-corrected chi connectivity index (χ4v) is 2.67. The normalized spacial score (nSPS) is 11.0. The molecule has 2 rings (SSSR count). The maximum absolute atomic E-state index is 12.2. The lowest BCUT2D eigenvalue weighted by Gasteiger charge is -2.30. The molecule has 0 amide bonds. The third-order valence-corrected chi connectivity index (χ3v) is 3.64. The number of rotatable bonds is 5. The summed E-state index contributed by atoms with van der Waals surface area (Å²) >= 11 is 5.96. The van der Waals surface area contributed by atoms with Crippen molar-refractivity contribution in [3.63, 3.8) is 0 Å². The quantitative estimate of drug-likeness (QED) is 0.584. The van der Waals surface area contributed by atoms with Crippen LogP contribution in [0.3, 0.4) is 0 Å². The van der Waals surface area contributed by atoms with Crippen molar-refractivity contribution in [3.8, 4) is 0 Å². The first-order valence-corrected chi connectivity index (χ1v) is 6.51. The van der Waals surface area contributed by atoms with Gasteiger partial charge >= 0.3 is 0 Å². The van der Waals surface area contributed by atoms with E-state index in [1.54, 1.807) is 6.08 Å². The lowest BCUT2D eigenvalue weighted by molar-refractivity contribution is -0.115. The molecule has 0 aliphatic carbocycles. The minimum atomic E-state index is -0.855. The zero-order valence-corrected chi connectivity index (χ0v) is 11.3. The van der Waals surface area contributed by atoms with Crippen molar-refractivity contribution >= 4 is 16.8 Å². The number of hydrogen-bond acceptors (Lipinski definition) is 1. The summed E-state index contributed by atoms with van der Waals surface area (Å²) in [7, 11) is 0. The maximum atomic E-state index is 12.2. The summed E-state index contributed by atoms with van der Waals surface area (Å²) in [6, 6.07) is 19.2. The average molecular weight is 271 g/mol. The van der Waals surface area contributed by atoms with Gasteiger partial charge in [0, 0.05) is 0 Å². The van der Waals surface area contributed by atoms with Gasteiger partial charge in [0.2, 0.25) is 5.24 Å². The second-order valence-electron chi connectivity index (χ2n) is 4.40. The van der Waals surface area contributed by atoms with Crippen molar-refractivity contribution < 1.29 is 4.79 Å². The Morgan fingerprint density at radius 1 is 1.00 bits per heavy atom. The fourth-order valence-electron chi connectivity index (χ4n) is 2.37. The van der Waals surface area contributed by atoms with Crippen LogP contribution in [0.2, 0.25) is 0 Å². The lowest BCUT2D eigenvalue weighted by atomic mass is 9.73. The molecule has 19 heavy (non-hydrogen) atoms. The van der Waals surface area contributed by atoms with E-state index in [0.717, 1.165) is 11.1 Å². The first-order valence-electron chi connectivity index (χ1n) is 6.13. The lowest BCUT2D eigenvalue weighted by Crippen LogP contribution is -2.33. The van der Waals surface area contributed by atoms with E-state index in [0.29, 0.717) is 6.42 Å². The fraction of sp³-hybridized carbons (Fsp3) is 0.118. The Morgan fingerprint density at radius 3 is 1.74 bits per heavy atom. The zero-order valence-electron chi connectivity index (χ0n) is 10.6. The molecule has 0 fully saturated rings. The van der Waals surface area contributed by atoms with Crippen molar-refractivity contribution in [1.82, 2.24) is 0 Å². The highest BCUT2D eigenvalue weighted by atomic mass is 35.5. The Balaban J connectivity index is 2.68. The van der Waals surface area contributed by atoms with Gasteiger partial charge in [-0.1, -0.05) is 66.7 Å². The Kier molecular flexibility index (Phi) is 4.18. The number of hydrogen-bond donors (Lipinski definition) is 0. The number of halogens is 1. The summed E-state index contributed by atoms with van der Waals surface area (Å²) in [5.74, 6) is 0. The first kappa shape index (κ1) is 13.6. The molecule has 0 aliphatic rings. The molecular weight excluding hydrogens is 256 g/mol. The molecule has 1 nitrogen and oxygen atoms in total.